The van der Waals surface area contributed by atoms with Crippen LogP contribution in [-0.4, -0.2) is 34.1 Å². The average Bonchev–Trinajstić information content (AvgIpc) is 2.94. The Labute approximate surface area is 135 Å². The molecule has 5 N–H and O–H groups in total. The highest BCUT2D eigenvalue weighted by Gasteiger charge is 2.26. The van der Waals surface area contributed by atoms with Gasteiger partial charge in [-0.2, -0.15) is 0 Å². The zero-order valence-corrected chi connectivity index (χ0v) is 13.4. The molecule has 6 heteroatoms. The fourth-order valence-electron chi connectivity index (χ4n) is 2.44. The summed E-state index contributed by atoms with van der Waals surface area (Å²) in [5.41, 5.74) is 7.56. The Morgan fingerprint density at radius 2 is 2.04 bits per heavy atom. The SMILES string of the molecule is CCC(C)[C@@H](N)C(=O)N[C@H](Cc1cc2ccccc2[nH]1)C(=O)O. The molecule has 1 aromatic heterocycles. The molecule has 1 amide bonds. The Morgan fingerprint density at radius 3 is 2.65 bits per heavy atom. The summed E-state index contributed by atoms with van der Waals surface area (Å²) in [6.45, 7) is 3.81. The van der Waals surface area contributed by atoms with Crippen LogP contribution in [0.5, 0.6) is 0 Å². The molecule has 1 aromatic carbocycles. The van der Waals surface area contributed by atoms with Gasteiger partial charge < -0.3 is 21.1 Å². The second-order valence-corrected chi connectivity index (χ2v) is 5.90. The number of carbonyl (C=O) groups excluding carboxylic acids is 1. The fraction of sp³-hybridized carbons (Fsp3) is 0.412. The summed E-state index contributed by atoms with van der Waals surface area (Å²) in [5.74, 6) is -1.51. The van der Waals surface area contributed by atoms with Gasteiger partial charge in [0.05, 0.1) is 6.04 Å². The van der Waals surface area contributed by atoms with E-state index in [1.54, 1.807) is 0 Å². The first-order valence-corrected chi connectivity index (χ1v) is 7.77. The van der Waals surface area contributed by atoms with Crippen molar-refractivity contribution in [3.8, 4) is 0 Å². The molecule has 1 heterocycles. The number of aromatic nitrogens is 1. The second kappa shape index (κ2) is 7.28. The molecule has 0 saturated carbocycles. The highest BCUT2D eigenvalue weighted by atomic mass is 16.4. The molecule has 2 rings (SSSR count). The predicted octanol–water partition coefficient (Wildman–Crippen LogP) is 1.65. The molecule has 1 unspecified atom stereocenters. The quantitative estimate of drug-likeness (QED) is 0.622. The molecule has 0 bridgehead atoms. The molecule has 0 spiro atoms. The van der Waals surface area contributed by atoms with Crippen molar-refractivity contribution in [1.29, 1.82) is 0 Å². The molecule has 0 aliphatic heterocycles. The Hall–Kier alpha value is -2.34. The Bertz CT molecular complexity index is 662. The first-order chi connectivity index (χ1) is 10.9. The number of carbonyl (C=O) groups is 2. The van der Waals surface area contributed by atoms with Crippen molar-refractivity contribution in [3.63, 3.8) is 0 Å². The molecule has 23 heavy (non-hydrogen) atoms. The predicted molar refractivity (Wildman–Crippen MR) is 89.0 cm³/mol. The molecule has 124 valence electrons. The van der Waals surface area contributed by atoms with Crippen molar-refractivity contribution in [1.82, 2.24) is 10.3 Å². The van der Waals surface area contributed by atoms with E-state index in [1.807, 2.05) is 44.2 Å². The van der Waals surface area contributed by atoms with Crippen molar-refractivity contribution >= 4 is 22.8 Å². The van der Waals surface area contributed by atoms with Crippen LogP contribution in [0.25, 0.3) is 10.9 Å². The van der Waals surface area contributed by atoms with Gasteiger partial charge in [0.1, 0.15) is 6.04 Å². The molecule has 0 aliphatic rings. The van der Waals surface area contributed by atoms with E-state index in [-0.39, 0.29) is 12.3 Å². The molecule has 6 nitrogen and oxygen atoms in total. The van der Waals surface area contributed by atoms with Crippen molar-refractivity contribution in [2.24, 2.45) is 11.7 Å². The van der Waals surface area contributed by atoms with Gasteiger partial charge in [-0.15, -0.1) is 0 Å². The summed E-state index contributed by atoms with van der Waals surface area (Å²) >= 11 is 0. The topological polar surface area (TPSA) is 108 Å². The minimum Gasteiger partial charge on any atom is -0.480 e. The van der Waals surface area contributed by atoms with E-state index in [0.29, 0.717) is 0 Å². The number of nitrogens with two attached hydrogens (primary N) is 1. The highest BCUT2D eigenvalue weighted by molar-refractivity contribution is 5.87. The number of benzene rings is 1. The van der Waals surface area contributed by atoms with E-state index >= 15 is 0 Å². The minimum absolute atomic E-state index is 0.00230. The molecule has 0 aliphatic carbocycles. The lowest BCUT2D eigenvalue weighted by atomic mass is 9.99. The van der Waals surface area contributed by atoms with E-state index in [1.165, 1.54) is 0 Å². The van der Waals surface area contributed by atoms with Crippen LogP contribution in [0.1, 0.15) is 26.0 Å². The number of aromatic amines is 1. The molecule has 3 atom stereocenters. The number of H-pyrrole nitrogens is 1. The third-order valence-electron chi connectivity index (χ3n) is 4.18. The lowest BCUT2D eigenvalue weighted by Crippen LogP contribution is -2.51. The maximum absolute atomic E-state index is 12.1. The van der Waals surface area contributed by atoms with Crippen LogP contribution in [0, 0.1) is 5.92 Å². The van der Waals surface area contributed by atoms with Crippen LogP contribution >= 0.6 is 0 Å². The van der Waals surface area contributed by atoms with Crippen LogP contribution in [-0.2, 0) is 16.0 Å². The summed E-state index contributed by atoms with van der Waals surface area (Å²) in [7, 11) is 0. The van der Waals surface area contributed by atoms with E-state index in [2.05, 4.69) is 10.3 Å². The normalized spacial score (nSPS) is 15.1. The lowest BCUT2D eigenvalue weighted by Gasteiger charge is -2.21. The van der Waals surface area contributed by atoms with Gasteiger partial charge in [0.25, 0.3) is 0 Å². The maximum Gasteiger partial charge on any atom is 0.326 e. The first kappa shape index (κ1) is 17.0. The monoisotopic (exact) mass is 317 g/mol. The second-order valence-electron chi connectivity index (χ2n) is 5.90. The first-order valence-electron chi connectivity index (χ1n) is 7.77. The summed E-state index contributed by atoms with van der Waals surface area (Å²) in [6, 6.07) is 7.88. The number of para-hydroxylation sites is 1. The number of hydrogen-bond acceptors (Lipinski definition) is 3. The number of hydrogen-bond donors (Lipinski definition) is 4. The number of aliphatic carboxylic acids is 1. The average molecular weight is 317 g/mol. The highest BCUT2D eigenvalue weighted by Crippen LogP contribution is 2.16. The third kappa shape index (κ3) is 4.10. The van der Waals surface area contributed by atoms with Crippen LogP contribution in [0.4, 0.5) is 0 Å². The van der Waals surface area contributed by atoms with Gasteiger partial charge in [0.15, 0.2) is 0 Å². The van der Waals surface area contributed by atoms with Gasteiger partial charge in [0, 0.05) is 17.6 Å². The number of carboxylic acids is 1. The lowest BCUT2D eigenvalue weighted by molar-refractivity contribution is -0.142. The van der Waals surface area contributed by atoms with Gasteiger partial charge in [-0.05, 0) is 23.4 Å². The van der Waals surface area contributed by atoms with Gasteiger partial charge >= 0.3 is 5.97 Å². The molecule has 0 saturated heterocycles. The number of fused-ring (bicyclic) bond motifs is 1. The summed E-state index contributed by atoms with van der Waals surface area (Å²) in [6.07, 6.45) is 0.942. The standard InChI is InChI=1S/C17H23N3O3/c1-3-10(2)15(18)16(21)20-14(17(22)23)9-12-8-11-6-4-5-7-13(11)19-12/h4-8,10,14-15,19H,3,9,18H2,1-2H3,(H,20,21)(H,22,23)/t10?,14-,15-/m1/s1. The van der Waals surface area contributed by atoms with E-state index < -0.39 is 24.0 Å². The van der Waals surface area contributed by atoms with Gasteiger partial charge in [-0.25, -0.2) is 4.79 Å². The number of carboxylic acid groups (broad SMARTS) is 1. The van der Waals surface area contributed by atoms with Crippen molar-refractivity contribution in [2.75, 3.05) is 0 Å². The van der Waals surface area contributed by atoms with E-state index in [0.717, 1.165) is 23.0 Å². The Kier molecular flexibility index (Phi) is 5.39. The van der Waals surface area contributed by atoms with Crippen LogP contribution in [0.3, 0.4) is 0 Å². The van der Waals surface area contributed by atoms with Crippen molar-refractivity contribution in [3.05, 3.63) is 36.0 Å². The van der Waals surface area contributed by atoms with Crippen LogP contribution in [0.15, 0.2) is 30.3 Å². The summed E-state index contributed by atoms with van der Waals surface area (Å²) < 4.78 is 0. The van der Waals surface area contributed by atoms with Crippen molar-refractivity contribution in [2.45, 2.75) is 38.8 Å². The van der Waals surface area contributed by atoms with Crippen LogP contribution < -0.4 is 11.1 Å². The molecule has 0 fully saturated rings. The van der Waals surface area contributed by atoms with Crippen LogP contribution in [0.2, 0.25) is 0 Å². The maximum atomic E-state index is 12.1. The van der Waals surface area contributed by atoms with Gasteiger partial charge in [-0.1, -0.05) is 38.5 Å². The third-order valence-corrected chi connectivity index (χ3v) is 4.18. The zero-order valence-electron chi connectivity index (χ0n) is 13.4. The number of nitrogens with one attached hydrogen (secondary N) is 2. The van der Waals surface area contributed by atoms with Crippen molar-refractivity contribution < 1.29 is 14.7 Å². The number of rotatable bonds is 7. The molecular weight excluding hydrogens is 294 g/mol. The van der Waals surface area contributed by atoms with Gasteiger partial charge in [0.2, 0.25) is 5.91 Å². The fourth-order valence-corrected chi connectivity index (χ4v) is 2.44. The van der Waals surface area contributed by atoms with E-state index in [4.69, 9.17) is 5.73 Å². The largest absolute Gasteiger partial charge is 0.480 e. The summed E-state index contributed by atoms with van der Waals surface area (Å²) in [4.78, 5) is 26.7. The van der Waals surface area contributed by atoms with E-state index in [9.17, 15) is 14.7 Å². The Balaban J connectivity index is 2.09. The Morgan fingerprint density at radius 1 is 1.35 bits per heavy atom. The molecule has 0 radical (unpaired) electrons. The summed E-state index contributed by atoms with van der Waals surface area (Å²) in [5, 5.41) is 12.9. The zero-order chi connectivity index (χ0) is 17.0. The number of amides is 1. The molecular formula is C17H23N3O3. The smallest absolute Gasteiger partial charge is 0.326 e. The molecule has 2 aromatic rings. The van der Waals surface area contributed by atoms with Gasteiger partial charge in [-0.3, -0.25) is 4.79 Å². The minimum atomic E-state index is -1.08.